The number of carbonyl (C=O) groups excluding carboxylic acids is 2. The van der Waals surface area contributed by atoms with Gasteiger partial charge in [0.05, 0.1) is 16.9 Å². The first kappa shape index (κ1) is 20.5. The van der Waals surface area contributed by atoms with Crippen LogP contribution in [0.15, 0.2) is 48.5 Å². The summed E-state index contributed by atoms with van der Waals surface area (Å²) in [7, 11) is 0. The highest BCUT2D eigenvalue weighted by Gasteiger charge is 2.36. The lowest BCUT2D eigenvalue weighted by molar-refractivity contribution is -0.125. The third-order valence-electron chi connectivity index (χ3n) is 5.03. The molecule has 1 aliphatic rings. The van der Waals surface area contributed by atoms with Crippen molar-refractivity contribution in [3.63, 3.8) is 0 Å². The van der Waals surface area contributed by atoms with Crippen LogP contribution in [0.2, 0.25) is 0 Å². The zero-order valence-corrected chi connectivity index (χ0v) is 18.5. The van der Waals surface area contributed by atoms with Crippen molar-refractivity contribution in [2.24, 2.45) is 0 Å². The second-order valence-electron chi connectivity index (χ2n) is 8.56. The number of nitrogens with zero attached hydrogens (tertiary/aromatic N) is 3. The van der Waals surface area contributed by atoms with E-state index in [4.69, 9.17) is 0 Å². The van der Waals surface area contributed by atoms with Crippen molar-refractivity contribution in [2.75, 3.05) is 11.6 Å². The van der Waals surface area contributed by atoms with E-state index in [9.17, 15) is 9.59 Å². The molecule has 1 aromatic heterocycles. The normalized spacial score (nSPS) is 16.8. The van der Waals surface area contributed by atoms with E-state index in [2.05, 4.69) is 14.9 Å². The molecule has 4 rings (SSSR count). The predicted octanol–water partition coefficient (Wildman–Crippen LogP) is 3.76. The highest BCUT2D eigenvalue weighted by molar-refractivity contribution is 7.99. The van der Waals surface area contributed by atoms with Crippen LogP contribution in [-0.4, -0.2) is 49.5 Å². The Morgan fingerprint density at radius 2 is 1.87 bits per heavy atom. The van der Waals surface area contributed by atoms with E-state index in [-0.39, 0.29) is 17.4 Å². The Kier molecular flexibility index (Phi) is 5.32. The monoisotopic (exact) mass is 422 g/mol. The van der Waals surface area contributed by atoms with Gasteiger partial charge in [-0.05, 0) is 58.0 Å². The van der Waals surface area contributed by atoms with Crippen LogP contribution in [0.3, 0.4) is 0 Å². The second-order valence-corrected chi connectivity index (χ2v) is 9.56. The van der Waals surface area contributed by atoms with E-state index in [0.29, 0.717) is 17.2 Å². The van der Waals surface area contributed by atoms with Crippen LogP contribution in [-0.2, 0) is 4.79 Å². The van der Waals surface area contributed by atoms with Crippen LogP contribution in [0.1, 0.15) is 37.0 Å². The standard InChI is InChI=1S/C23H26N4O2S/c1-15-24-18-12-16(10-11-19(18)27(15)17-8-6-5-7-9-17)22(29)26-14-30-13-20(26)21(28)25-23(2,3)4/h5-12,20H,13-14H2,1-4H3,(H,25,28). The van der Waals surface area contributed by atoms with E-state index >= 15 is 0 Å². The molecule has 7 heteroatoms. The first-order chi connectivity index (χ1) is 14.2. The molecule has 1 saturated heterocycles. The number of imidazole rings is 1. The van der Waals surface area contributed by atoms with Gasteiger partial charge in [0.15, 0.2) is 0 Å². The summed E-state index contributed by atoms with van der Waals surface area (Å²) in [4.78, 5) is 32.3. The zero-order valence-electron chi connectivity index (χ0n) is 17.7. The number of amides is 2. The second kappa shape index (κ2) is 7.80. The zero-order chi connectivity index (χ0) is 21.5. The maximum Gasteiger partial charge on any atom is 0.255 e. The first-order valence-electron chi connectivity index (χ1n) is 10.00. The molecule has 156 valence electrons. The highest BCUT2D eigenvalue weighted by atomic mass is 32.2. The van der Waals surface area contributed by atoms with Crippen LogP contribution in [0, 0.1) is 6.92 Å². The number of thioether (sulfide) groups is 1. The summed E-state index contributed by atoms with van der Waals surface area (Å²) in [5.74, 6) is 1.74. The number of nitrogens with one attached hydrogen (secondary N) is 1. The Morgan fingerprint density at radius 1 is 1.13 bits per heavy atom. The molecular weight excluding hydrogens is 396 g/mol. The average Bonchev–Trinajstić information content (AvgIpc) is 3.30. The van der Waals surface area contributed by atoms with Crippen LogP contribution in [0.25, 0.3) is 16.7 Å². The van der Waals surface area contributed by atoms with Gasteiger partial charge in [0.2, 0.25) is 5.91 Å². The molecule has 1 unspecified atom stereocenters. The lowest BCUT2D eigenvalue weighted by atomic mass is 10.1. The van der Waals surface area contributed by atoms with Crippen LogP contribution < -0.4 is 5.32 Å². The van der Waals surface area contributed by atoms with Crippen molar-refractivity contribution in [3.8, 4) is 5.69 Å². The van der Waals surface area contributed by atoms with Crippen molar-refractivity contribution >= 4 is 34.6 Å². The fourth-order valence-corrected chi connectivity index (χ4v) is 4.87. The van der Waals surface area contributed by atoms with Crippen LogP contribution in [0.5, 0.6) is 0 Å². The van der Waals surface area contributed by atoms with Gasteiger partial charge >= 0.3 is 0 Å². The largest absolute Gasteiger partial charge is 0.350 e. The van der Waals surface area contributed by atoms with Gasteiger partial charge in [-0.3, -0.25) is 14.2 Å². The fourth-order valence-electron chi connectivity index (χ4n) is 3.72. The number of aromatic nitrogens is 2. The summed E-state index contributed by atoms with van der Waals surface area (Å²) in [5, 5.41) is 2.99. The number of hydrogen-bond acceptors (Lipinski definition) is 4. The maximum atomic E-state index is 13.2. The molecule has 1 N–H and O–H groups in total. The van der Waals surface area contributed by atoms with Gasteiger partial charge < -0.3 is 10.2 Å². The van der Waals surface area contributed by atoms with Gasteiger partial charge in [0, 0.05) is 22.5 Å². The summed E-state index contributed by atoms with van der Waals surface area (Å²) in [5.41, 5.74) is 2.97. The lowest BCUT2D eigenvalue weighted by Crippen LogP contribution is -2.52. The molecule has 6 nitrogen and oxygen atoms in total. The SMILES string of the molecule is Cc1nc2cc(C(=O)N3CSCC3C(=O)NC(C)(C)C)ccc2n1-c1ccccc1. The fraction of sp³-hybridized carbons (Fsp3) is 0.348. The molecule has 1 aliphatic heterocycles. The molecule has 2 heterocycles. The topological polar surface area (TPSA) is 67.2 Å². The Balaban J connectivity index is 1.63. The van der Waals surface area contributed by atoms with Crippen molar-refractivity contribution in [1.82, 2.24) is 19.8 Å². The quantitative estimate of drug-likeness (QED) is 0.698. The van der Waals surface area contributed by atoms with E-state index in [1.54, 1.807) is 16.7 Å². The Hall–Kier alpha value is -2.80. The smallest absolute Gasteiger partial charge is 0.255 e. The third kappa shape index (κ3) is 3.94. The molecule has 1 atom stereocenters. The summed E-state index contributed by atoms with van der Waals surface area (Å²) >= 11 is 1.60. The maximum absolute atomic E-state index is 13.2. The average molecular weight is 423 g/mol. The molecule has 1 fully saturated rings. The lowest BCUT2D eigenvalue weighted by Gasteiger charge is -2.27. The van der Waals surface area contributed by atoms with Gasteiger partial charge in [-0.15, -0.1) is 11.8 Å². The first-order valence-corrected chi connectivity index (χ1v) is 11.2. The molecule has 2 amide bonds. The predicted molar refractivity (Wildman–Crippen MR) is 121 cm³/mol. The number of carbonyl (C=O) groups is 2. The van der Waals surface area contributed by atoms with Crippen molar-refractivity contribution in [2.45, 2.75) is 39.3 Å². The molecule has 0 saturated carbocycles. The van der Waals surface area contributed by atoms with Gasteiger partial charge in [0.25, 0.3) is 5.91 Å². The number of rotatable bonds is 3. The van der Waals surface area contributed by atoms with Crippen LogP contribution in [0.4, 0.5) is 0 Å². The number of fused-ring (bicyclic) bond motifs is 1. The Bertz CT molecular complexity index is 1100. The summed E-state index contributed by atoms with van der Waals surface area (Å²) < 4.78 is 2.08. The molecular formula is C23H26N4O2S. The van der Waals surface area contributed by atoms with E-state index in [0.717, 1.165) is 22.5 Å². The Labute approximate surface area is 180 Å². The number of aryl methyl sites for hydroxylation is 1. The Morgan fingerprint density at radius 3 is 2.57 bits per heavy atom. The third-order valence-corrected chi connectivity index (χ3v) is 6.04. The van der Waals surface area contributed by atoms with Gasteiger partial charge in [0.1, 0.15) is 11.9 Å². The minimum absolute atomic E-state index is 0.105. The molecule has 0 radical (unpaired) electrons. The van der Waals surface area contributed by atoms with Gasteiger partial charge in [-0.2, -0.15) is 0 Å². The molecule has 2 aromatic carbocycles. The van der Waals surface area contributed by atoms with Crippen molar-refractivity contribution in [1.29, 1.82) is 0 Å². The van der Waals surface area contributed by atoms with E-state index < -0.39 is 6.04 Å². The molecule has 0 spiro atoms. The molecule has 0 aliphatic carbocycles. The molecule has 0 bridgehead atoms. The highest BCUT2D eigenvalue weighted by Crippen LogP contribution is 2.27. The minimum Gasteiger partial charge on any atom is -0.350 e. The molecule has 3 aromatic rings. The summed E-state index contributed by atoms with van der Waals surface area (Å²) in [6.45, 7) is 7.79. The van der Waals surface area contributed by atoms with Crippen LogP contribution >= 0.6 is 11.8 Å². The van der Waals surface area contributed by atoms with E-state index in [1.807, 2.05) is 76.2 Å². The summed E-state index contributed by atoms with van der Waals surface area (Å²) in [6.07, 6.45) is 0. The van der Waals surface area contributed by atoms with Crippen molar-refractivity contribution in [3.05, 3.63) is 59.9 Å². The molecule has 30 heavy (non-hydrogen) atoms. The number of hydrogen-bond donors (Lipinski definition) is 1. The van der Waals surface area contributed by atoms with E-state index in [1.165, 1.54) is 0 Å². The van der Waals surface area contributed by atoms with Crippen molar-refractivity contribution < 1.29 is 9.59 Å². The van der Waals surface area contributed by atoms with Gasteiger partial charge in [-0.1, -0.05) is 18.2 Å². The minimum atomic E-state index is -0.457. The number of benzene rings is 2. The van der Waals surface area contributed by atoms with Gasteiger partial charge in [-0.25, -0.2) is 4.98 Å². The summed E-state index contributed by atoms with van der Waals surface area (Å²) in [6, 6.07) is 15.2. The number of para-hydroxylation sites is 1.